The molecule has 94 valence electrons. The van der Waals surface area contributed by atoms with Gasteiger partial charge in [0.05, 0.1) is 0 Å². The van der Waals surface area contributed by atoms with Crippen LogP contribution in [-0.4, -0.2) is 35.5 Å². The molecule has 1 aromatic heterocycles. The van der Waals surface area contributed by atoms with Crippen molar-refractivity contribution in [2.24, 2.45) is 0 Å². The minimum absolute atomic E-state index is 0.0655. The Labute approximate surface area is 100 Å². The first-order valence-electron chi connectivity index (χ1n) is 5.60. The Balaban J connectivity index is 2.48. The molecule has 0 saturated heterocycles. The molecule has 0 aliphatic heterocycles. The third-order valence-electron chi connectivity index (χ3n) is 2.45. The summed E-state index contributed by atoms with van der Waals surface area (Å²) in [6, 6.07) is 3.42. The van der Waals surface area contributed by atoms with Crippen molar-refractivity contribution in [2.75, 3.05) is 13.6 Å². The summed E-state index contributed by atoms with van der Waals surface area (Å²) < 4.78 is 5.34. The van der Waals surface area contributed by atoms with Crippen molar-refractivity contribution in [3.05, 3.63) is 23.7 Å². The van der Waals surface area contributed by atoms with E-state index in [4.69, 9.17) is 9.52 Å². The van der Waals surface area contributed by atoms with E-state index in [2.05, 4.69) is 0 Å². The molecule has 0 spiro atoms. The first kappa shape index (κ1) is 13.3. The van der Waals surface area contributed by atoms with Gasteiger partial charge in [-0.3, -0.25) is 9.59 Å². The topological polar surface area (TPSA) is 70.8 Å². The number of carboxylic acid groups (broad SMARTS) is 1. The van der Waals surface area contributed by atoms with Gasteiger partial charge in [-0.25, -0.2) is 0 Å². The van der Waals surface area contributed by atoms with Crippen LogP contribution in [0, 0.1) is 0 Å². The van der Waals surface area contributed by atoms with Crippen molar-refractivity contribution in [3.63, 3.8) is 0 Å². The van der Waals surface area contributed by atoms with Crippen LogP contribution >= 0.6 is 0 Å². The van der Waals surface area contributed by atoms with Crippen LogP contribution in [0.1, 0.15) is 36.1 Å². The monoisotopic (exact) mass is 239 g/mol. The van der Waals surface area contributed by atoms with Gasteiger partial charge in [0, 0.05) is 26.4 Å². The van der Waals surface area contributed by atoms with E-state index in [1.54, 1.807) is 19.2 Å². The maximum atomic E-state index is 11.8. The summed E-state index contributed by atoms with van der Waals surface area (Å²) in [4.78, 5) is 23.6. The maximum absolute atomic E-state index is 11.8. The van der Waals surface area contributed by atoms with Gasteiger partial charge >= 0.3 is 5.97 Å². The Bertz CT molecular complexity index is 397. The SMILES string of the molecule is CCc1ccc(C(=O)N(C)CCCC(=O)O)o1. The summed E-state index contributed by atoms with van der Waals surface area (Å²) in [7, 11) is 1.64. The predicted molar refractivity (Wildman–Crippen MR) is 61.9 cm³/mol. The fourth-order valence-corrected chi connectivity index (χ4v) is 1.44. The molecule has 0 aliphatic carbocycles. The fourth-order valence-electron chi connectivity index (χ4n) is 1.44. The molecule has 0 aliphatic rings. The molecule has 5 nitrogen and oxygen atoms in total. The van der Waals surface area contributed by atoms with Crippen molar-refractivity contribution < 1.29 is 19.1 Å². The van der Waals surface area contributed by atoms with E-state index in [1.165, 1.54) is 4.90 Å². The Morgan fingerprint density at radius 1 is 1.41 bits per heavy atom. The lowest BCUT2D eigenvalue weighted by molar-refractivity contribution is -0.137. The summed E-state index contributed by atoms with van der Waals surface area (Å²) in [5.74, 6) is 0.0131. The zero-order valence-corrected chi connectivity index (χ0v) is 10.1. The van der Waals surface area contributed by atoms with Crippen LogP contribution in [0.5, 0.6) is 0 Å². The third kappa shape index (κ3) is 3.94. The number of aliphatic carboxylic acids is 1. The molecular weight excluding hydrogens is 222 g/mol. The summed E-state index contributed by atoms with van der Waals surface area (Å²) in [5, 5.41) is 8.50. The van der Waals surface area contributed by atoms with Gasteiger partial charge in [-0.2, -0.15) is 0 Å². The van der Waals surface area contributed by atoms with Crippen LogP contribution in [0.25, 0.3) is 0 Å². The molecule has 1 amide bonds. The molecule has 1 rings (SSSR count). The average Bonchev–Trinajstić information content (AvgIpc) is 2.75. The Morgan fingerprint density at radius 2 is 2.12 bits per heavy atom. The Kier molecular flexibility index (Phi) is 4.75. The van der Waals surface area contributed by atoms with Gasteiger partial charge in [0.15, 0.2) is 5.76 Å². The zero-order chi connectivity index (χ0) is 12.8. The largest absolute Gasteiger partial charge is 0.481 e. The number of nitrogens with zero attached hydrogens (tertiary/aromatic N) is 1. The molecule has 0 fully saturated rings. The predicted octanol–water partition coefficient (Wildman–Crippen LogP) is 1.78. The fraction of sp³-hybridized carbons (Fsp3) is 0.500. The van der Waals surface area contributed by atoms with Crippen molar-refractivity contribution in [2.45, 2.75) is 26.2 Å². The number of rotatable bonds is 6. The van der Waals surface area contributed by atoms with Crippen molar-refractivity contribution >= 4 is 11.9 Å². The van der Waals surface area contributed by atoms with Crippen LogP contribution in [-0.2, 0) is 11.2 Å². The van der Waals surface area contributed by atoms with E-state index >= 15 is 0 Å². The summed E-state index contributed by atoms with van der Waals surface area (Å²) in [6.45, 7) is 2.36. The number of hydrogen-bond acceptors (Lipinski definition) is 3. The summed E-state index contributed by atoms with van der Waals surface area (Å²) in [5.41, 5.74) is 0. The number of carbonyl (C=O) groups is 2. The lowest BCUT2D eigenvalue weighted by atomic mass is 10.3. The molecule has 17 heavy (non-hydrogen) atoms. The molecule has 0 bridgehead atoms. The van der Waals surface area contributed by atoms with E-state index in [-0.39, 0.29) is 12.3 Å². The molecule has 1 heterocycles. The van der Waals surface area contributed by atoms with Crippen LogP contribution in [0.15, 0.2) is 16.5 Å². The molecule has 0 radical (unpaired) electrons. The average molecular weight is 239 g/mol. The van der Waals surface area contributed by atoms with Crippen LogP contribution in [0.3, 0.4) is 0 Å². The second-order valence-corrected chi connectivity index (χ2v) is 3.84. The number of aryl methyl sites for hydroxylation is 1. The molecule has 0 unspecified atom stereocenters. The summed E-state index contributed by atoms with van der Waals surface area (Å²) >= 11 is 0. The highest BCUT2D eigenvalue weighted by molar-refractivity contribution is 5.91. The van der Waals surface area contributed by atoms with E-state index in [1.807, 2.05) is 6.92 Å². The molecule has 0 saturated carbocycles. The van der Waals surface area contributed by atoms with Gasteiger partial charge in [0.2, 0.25) is 0 Å². The van der Waals surface area contributed by atoms with Crippen LogP contribution < -0.4 is 0 Å². The molecule has 1 N–H and O–H groups in total. The van der Waals surface area contributed by atoms with E-state index in [0.717, 1.165) is 12.2 Å². The van der Waals surface area contributed by atoms with Crippen molar-refractivity contribution in [3.8, 4) is 0 Å². The minimum Gasteiger partial charge on any atom is -0.481 e. The normalized spacial score (nSPS) is 10.2. The molecule has 0 atom stereocenters. The van der Waals surface area contributed by atoms with Gasteiger partial charge in [-0.15, -0.1) is 0 Å². The first-order chi connectivity index (χ1) is 8.04. The van der Waals surface area contributed by atoms with E-state index in [0.29, 0.717) is 18.7 Å². The first-order valence-corrected chi connectivity index (χ1v) is 5.60. The molecule has 0 aromatic carbocycles. The zero-order valence-electron chi connectivity index (χ0n) is 10.1. The third-order valence-corrected chi connectivity index (χ3v) is 2.45. The Hall–Kier alpha value is -1.78. The summed E-state index contributed by atoms with van der Waals surface area (Å²) in [6.07, 6.45) is 1.25. The van der Waals surface area contributed by atoms with Gasteiger partial charge in [0.25, 0.3) is 5.91 Å². The highest BCUT2D eigenvalue weighted by Gasteiger charge is 2.15. The smallest absolute Gasteiger partial charge is 0.303 e. The van der Waals surface area contributed by atoms with E-state index in [9.17, 15) is 9.59 Å². The van der Waals surface area contributed by atoms with Crippen molar-refractivity contribution in [1.29, 1.82) is 0 Å². The molecule has 5 heteroatoms. The van der Waals surface area contributed by atoms with Crippen molar-refractivity contribution in [1.82, 2.24) is 4.90 Å². The minimum atomic E-state index is -0.850. The highest BCUT2D eigenvalue weighted by Crippen LogP contribution is 2.10. The van der Waals surface area contributed by atoms with Gasteiger partial charge < -0.3 is 14.4 Å². The number of hydrogen-bond donors (Lipinski definition) is 1. The Morgan fingerprint density at radius 3 is 2.65 bits per heavy atom. The lowest BCUT2D eigenvalue weighted by Gasteiger charge is -2.14. The molecule has 1 aromatic rings. The van der Waals surface area contributed by atoms with Gasteiger partial charge in [0.1, 0.15) is 5.76 Å². The second-order valence-electron chi connectivity index (χ2n) is 3.84. The van der Waals surface area contributed by atoms with E-state index < -0.39 is 5.97 Å². The quantitative estimate of drug-likeness (QED) is 0.821. The second kappa shape index (κ2) is 6.08. The number of amides is 1. The maximum Gasteiger partial charge on any atom is 0.303 e. The highest BCUT2D eigenvalue weighted by atomic mass is 16.4. The standard InChI is InChI=1S/C12H17NO4/c1-3-9-6-7-10(17-9)12(16)13(2)8-4-5-11(14)15/h6-7H,3-5,8H2,1-2H3,(H,14,15). The molecular formula is C12H17NO4. The number of furan rings is 1. The van der Waals surface area contributed by atoms with Crippen LogP contribution in [0.4, 0.5) is 0 Å². The van der Waals surface area contributed by atoms with Gasteiger partial charge in [-0.05, 0) is 18.6 Å². The van der Waals surface area contributed by atoms with Crippen LogP contribution in [0.2, 0.25) is 0 Å². The number of carbonyl (C=O) groups excluding carboxylic acids is 1. The van der Waals surface area contributed by atoms with Gasteiger partial charge in [-0.1, -0.05) is 6.92 Å². The number of carboxylic acids is 1. The lowest BCUT2D eigenvalue weighted by Crippen LogP contribution is -2.27.